The molecule has 8 nitrogen and oxygen atoms in total. The zero-order valence-corrected chi connectivity index (χ0v) is 19.3. The number of methoxy groups -OCH3 is 1. The van der Waals surface area contributed by atoms with Gasteiger partial charge in [-0.15, -0.1) is 0 Å². The van der Waals surface area contributed by atoms with Gasteiger partial charge in [-0.3, -0.25) is 14.5 Å². The Morgan fingerprint density at radius 1 is 1.32 bits per heavy atom. The fourth-order valence-corrected chi connectivity index (χ4v) is 4.23. The highest BCUT2D eigenvalue weighted by molar-refractivity contribution is 8.26. The summed E-state index contributed by atoms with van der Waals surface area (Å²) in [7, 11) is 1.54. The largest absolute Gasteiger partial charge is 0.493 e. The van der Waals surface area contributed by atoms with Crippen molar-refractivity contribution in [3.05, 3.63) is 28.7 Å². The van der Waals surface area contributed by atoms with Crippen LogP contribution in [0.15, 0.2) is 23.1 Å². The fourth-order valence-electron chi connectivity index (χ4n) is 2.92. The minimum Gasteiger partial charge on any atom is -0.493 e. The monoisotopic (exact) mass is 466 g/mol. The van der Waals surface area contributed by atoms with Gasteiger partial charge in [0.25, 0.3) is 5.91 Å². The van der Waals surface area contributed by atoms with E-state index >= 15 is 0 Å². The Morgan fingerprint density at radius 3 is 2.68 bits per heavy atom. The number of nitrogens with one attached hydrogen (secondary N) is 1. The van der Waals surface area contributed by atoms with Gasteiger partial charge in [0.15, 0.2) is 11.5 Å². The second-order valence-electron chi connectivity index (χ2n) is 6.67. The van der Waals surface area contributed by atoms with E-state index in [9.17, 15) is 14.4 Å². The molecule has 2 N–H and O–H groups in total. The smallest absolute Gasteiger partial charge is 0.326 e. The van der Waals surface area contributed by atoms with Crippen molar-refractivity contribution in [3.63, 3.8) is 0 Å². The molecule has 0 radical (unpaired) electrons. The highest BCUT2D eigenvalue weighted by Gasteiger charge is 2.32. The van der Waals surface area contributed by atoms with Crippen LogP contribution in [0.1, 0.15) is 38.7 Å². The maximum atomic E-state index is 12.8. The summed E-state index contributed by atoms with van der Waals surface area (Å²) < 4.78 is 11.2. The first kappa shape index (κ1) is 24.7. The molecule has 1 saturated heterocycles. The standard InChI is InChI=1S/C21H26N2O6S2/c1-4-6-14(20(26)27)22-18(24)9-10-23-19(25)17(31-21(23)30)12-13-7-8-15(29-5-2)16(11-13)28-3/h7-8,11-12,14H,4-6,9-10H2,1-3H3,(H,22,24)(H,26,27)/b17-12-. The molecule has 2 rings (SSSR count). The topological polar surface area (TPSA) is 105 Å². The number of rotatable bonds is 11. The normalized spacial score (nSPS) is 15.8. The van der Waals surface area contributed by atoms with Crippen LogP contribution in [0, 0.1) is 0 Å². The molecule has 1 atom stereocenters. The maximum absolute atomic E-state index is 12.8. The second kappa shape index (κ2) is 11.7. The van der Waals surface area contributed by atoms with E-state index in [4.69, 9.17) is 26.8 Å². The van der Waals surface area contributed by atoms with Gasteiger partial charge in [0, 0.05) is 13.0 Å². The second-order valence-corrected chi connectivity index (χ2v) is 8.35. The molecule has 10 heteroatoms. The van der Waals surface area contributed by atoms with Crippen LogP contribution in [0.25, 0.3) is 6.08 Å². The van der Waals surface area contributed by atoms with E-state index in [-0.39, 0.29) is 18.9 Å². The summed E-state index contributed by atoms with van der Waals surface area (Å²) in [6.07, 6.45) is 2.65. The first-order valence-corrected chi connectivity index (χ1v) is 11.1. The molecule has 0 aliphatic carbocycles. The molecule has 31 heavy (non-hydrogen) atoms. The molecule has 1 aliphatic heterocycles. The number of thiocarbonyl (C=S) groups is 1. The summed E-state index contributed by atoms with van der Waals surface area (Å²) in [5.41, 5.74) is 0.752. The Kier molecular flexibility index (Phi) is 9.32. The average Bonchev–Trinajstić information content (AvgIpc) is 2.99. The van der Waals surface area contributed by atoms with Crippen LogP contribution in [-0.2, 0) is 14.4 Å². The Bertz CT molecular complexity index is 887. The van der Waals surface area contributed by atoms with Gasteiger partial charge in [-0.05, 0) is 37.1 Å². The lowest BCUT2D eigenvalue weighted by Gasteiger charge is -2.16. The van der Waals surface area contributed by atoms with Crippen molar-refractivity contribution in [1.82, 2.24) is 10.2 Å². The molecule has 1 fully saturated rings. The van der Waals surface area contributed by atoms with Gasteiger partial charge in [0.2, 0.25) is 5.91 Å². The van der Waals surface area contributed by atoms with Gasteiger partial charge in [0.05, 0.1) is 18.6 Å². The van der Waals surface area contributed by atoms with Crippen molar-refractivity contribution >= 4 is 52.2 Å². The van der Waals surface area contributed by atoms with Gasteiger partial charge in [-0.1, -0.05) is 43.4 Å². The van der Waals surface area contributed by atoms with E-state index in [1.165, 1.54) is 4.90 Å². The first-order valence-electron chi connectivity index (χ1n) is 9.89. The van der Waals surface area contributed by atoms with Crippen LogP contribution in [0.2, 0.25) is 0 Å². The number of aliphatic carboxylic acids is 1. The Hall–Kier alpha value is -2.59. The van der Waals surface area contributed by atoms with Gasteiger partial charge < -0.3 is 19.9 Å². The number of carboxylic acid groups (broad SMARTS) is 1. The van der Waals surface area contributed by atoms with Crippen molar-refractivity contribution in [1.29, 1.82) is 0 Å². The summed E-state index contributed by atoms with van der Waals surface area (Å²) in [6, 6.07) is 4.42. The van der Waals surface area contributed by atoms with Gasteiger partial charge in [0.1, 0.15) is 10.4 Å². The molecule has 1 aliphatic rings. The van der Waals surface area contributed by atoms with Gasteiger partial charge in [-0.2, -0.15) is 0 Å². The number of benzene rings is 1. The molecule has 0 aromatic heterocycles. The first-order chi connectivity index (χ1) is 14.8. The van der Waals surface area contributed by atoms with Crippen LogP contribution in [0.5, 0.6) is 11.5 Å². The molecular formula is C21H26N2O6S2. The number of thioether (sulfide) groups is 1. The number of amides is 2. The van der Waals surface area contributed by atoms with Gasteiger partial charge in [-0.25, -0.2) is 4.79 Å². The summed E-state index contributed by atoms with van der Waals surface area (Å²) in [6.45, 7) is 4.31. The highest BCUT2D eigenvalue weighted by Crippen LogP contribution is 2.34. The summed E-state index contributed by atoms with van der Waals surface area (Å²) in [5, 5.41) is 11.6. The summed E-state index contributed by atoms with van der Waals surface area (Å²) in [4.78, 5) is 37.9. The predicted molar refractivity (Wildman–Crippen MR) is 123 cm³/mol. The molecule has 1 aromatic rings. The van der Waals surface area contributed by atoms with E-state index in [1.807, 2.05) is 19.9 Å². The van der Waals surface area contributed by atoms with Gasteiger partial charge >= 0.3 is 5.97 Å². The number of carbonyl (C=O) groups excluding carboxylic acids is 2. The molecule has 0 bridgehead atoms. The lowest BCUT2D eigenvalue weighted by atomic mass is 10.1. The van der Waals surface area contributed by atoms with E-state index in [0.717, 1.165) is 17.3 Å². The van der Waals surface area contributed by atoms with Crippen LogP contribution < -0.4 is 14.8 Å². The van der Waals surface area contributed by atoms with E-state index in [1.54, 1.807) is 25.3 Å². The van der Waals surface area contributed by atoms with Crippen molar-refractivity contribution in [2.45, 2.75) is 39.2 Å². The van der Waals surface area contributed by atoms with Crippen LogP contribution in [0.3, 0.4) is 0 Å². The van der Waals surface area contributed by atoms with Crippen molar-refractivity contribution in [2.75, 3.05) is 20.3 Å². The van der Waals surface area contributed by atoms with Crippen molar-refractivity contribution < 1.29 is 29.0 Å². The zero-order valence-electron chi connectivity index (χ0n) is 17.7. The Balaban J connectivity index is 2.04. The Morgan fingerprint density at radius 2 is 2.06 bits per heavy atom. The summed E-state index contributed by atoms with van der Waals surface area (Å²) >= 11 is 6.45. The Labute approximate surface area is 191 Å². The fraction of sp³-hybridized carbons (Fsp3) is 0.429. The molecule has 1 aromatic carbocycles. The maximum Gasteiger partial charge on any atom is 0.326 e. The minimum absolute atomic E-state index is 0.0376. The lowest BCUT2D eigenvalue weighted by molar-refractivity contribution is -0.142. The molecule has 0 saturated carbocycles. The number of ether oxygens (including phenoxy) is 2. The van der Waals surface area contributed by atoms with Crippen LogP contribution in [0.4, 0.5) is 0 Å². The van der Waals surface area contributed by atoms with Crippen LogP contribution >= 0.6 is 24.0 Å². The van der Waals surface area contributed by atoms with E-state index in [0.29, 0.717) is 40.2 Å². The number of carbonyl (C=O) groups is 3. The average molecular weight is 467 g/mol. The third-order valence-corrected chi connectivity index (χ3v) is 5.81. The number of hydrogen-bond donors (Lipinski definition) is 2. The quantitative estimate of drug-likeness (QED) is 0.379. The van der Waals surface area contributed by atoms with E-state index < -0.39 is 17.9 Å². The molecule has 0 spiro atoms. The molecule has 2 amide bonds. The minimum atomic E-state index is -1.07. The molecule has 1 unspecified atom stereocenters. The third kappa shape index (κ3) is 6.70. The number of nitrogens with zero attached hydrogens (tertiary/aromatic N) is 1. The SMILES string of the molecule is CCCC(NC(=O)CCN1C(=O)/C(=C/c2ccc(OCC)c(OC)c2)SC1=S)C(=O)O. The molecule has 168 valence electrons. The zero-order chi connectivity index (χ0) is 23.0. The third-order valence-electron chi connectivity index (χ3n) is 4.43. The van der Waals surface area contributed by atoms with Crippen molar-refractivity contribution in [2.24, 2.45) is 0 Å². The van der Waals surface area contributed by atoms with E-state index in [2.05, 4.69) is 5.32 Å². The lowest BCUT2D eigenvalue weighted by Crippen LogP contribution is -2.42. The summed E-state index contributed by atoms with van der Waals surface area (Å²) in [5.74, 6) is -0.630. The number of carboxylic acids is 1. The molecule has 1 heterocycles. The van der Waals surface area contributed by atoms with Crippen LogP contribution in [-0.4, -0.2) is 58.4 Å². The molecular weight excluding hydrogens is 440 g/mol. The number of hydrogen-bond acceptors (Lipinski definition) is 7. The highest BCUT2D eigenvalue weighted by atomic mass is 32.2. The predicted octanol–water partition coefficient (Wildman–Crippen LogP) is 3.05. The van der Waals surface area contributed by atoms with Crippen molar-refractivity contribution in [3.8, 4) is 11.5 Å².